The SMILES string of the molecule is CN(CCCC(=O)c1ccccc1-n1nccn1)C(=O)OC(C)(C)C. The molecule has 0 N–H and O–H groups in total. The van der Waals surface area contributed by atoms with Crippen molar-refractivity contribution in [2.24, 2.45) is 0 Å². The summed E-state index contributed by atoms with van der Waals surface area (Å²) >= 11 is 0. The standard InChI is InChI=1S/C18H24N4O3/c1-18(2,3)25-17(24)21(4)13-7-10-16(23)14-8-5-6-9-15(14)22-19-11-12-20-22/h5-6,8-9,11-12H,7,10,13H2,1-4H3. The summed E-state index contributed by atoms with van der Waals surface area (Å²) < 4.78 is 5.29. The first-order chi connectivity index (χ1) is 11.8. The lowest BCUT2D eigenvalue weighted by molar-refractivity contribution is 0.0295. The Morgan fingerprint density at radius 2 is 1.80 bits per heavy atom. The molecule has 0 spiro atoms. The Bertz CT molecular complexity index is 720. The van der Waals surface area contributed by atoms with Gasteiger partial charge in [0.05, 0.1) is 18.1 Å². The molecule has 7 heteroatoms. The number of ether oxygens (including phenoxy) is 1. The molecule has 2 aromatic rings. The van der Waals surface area contributed by atoms with E-state index in [1.165, 1.54) is 9.70 Å². The van der Waals surface area contributed by atoms with Crippen LogP contribution in [0.2, 0.25) is 0 Å². The monoisotopic (exact) mass is 344 g/mol. The second-order valence-corrected chi connectivity index (χ2v) is 6.76. The molecule has 0 unspecified atom stereocenters. The van der Waals surface area contributed by atoms with Crippen molar-refractivity contribution in [1.82, 2.24) is 19.9 Å². The number of hydrogen-bond acceptors (Lipinski definition) is 5. The van der Waals surface area contributed by atoms with Crippen LogP contribution in [0.15, 0.2) is 36.7 Å². The predicted octanol–water partition coefficient (Wildman–Crippen LogP) is 3.10. The lowest BCUT2D eigenvalue weighted by Crippen LogP contribution is -2.34. The van der Waals surface area contributed by atoms with E-state index in [1.54, 1.807) is 31.6 Å². The second-order valence-electron chi connectivity index (χ2n) is 6.76. The van der Waals surface area contributed by atoms with Crippen LogP contribution in [0.1, 0.15) is 44.0 Å². The molecular weight excluding hydrogens is 320 g/mol. The van der Waals surface area contributed by atoms with Crippen LogP contribution in [-0.4, -0.2) is 51.0 Å². The van der Waals surface area contributed by atoms with E-state index < -0.39 is 5.60 Å². The van der Waals surface area contributed by atoms with Crippen molar-refractivity contribution >= 4 is 11.9 Å². The van der Waals surface area contributed by atoms with E-state index in [2.05, 4.69) is 10.2 Å². The van der Waals surface area contributed by atoms with Crippen LogP contribution in [0.5, 0.6) is 0 Å². The minimum atomic E-state index is -0.531. The Kier molecular flexibility index (Phi) is 5.90. The second kappa shape index (κ2) is 7.92. The van der Waals surface area contributed by atoms with Gasteiger partial charge >= 0.3 is 6.09 Å². The summed E-state index contributed by atoms with van der Waals surface area (Å²) in [6, 6.07) is 7.22. The lowest BCUT2D eigenvalue weighted by Gasteiger charge is -2.24. The summed E-state index contributed by atoms with van der Waals surface area (Å²) in [5.74, 6) is -0.00881. The molecule has 7 nitrogen and oxygen atoms in total. The molecule has 0 saturated heterocycles. The van der Waals surface area contributed by atoms with E-state index >= 15 is 0 Å². The van der Waals surface area contributed by atoms with Crippen molar-refractivity contribution in [2.75, 3.05) is 13.6 Å². The summed E-state index contributed by atoms with van der Waals surface area (Å²) in [7, 11) is 1.67. The van der Waals surface area contributed by atoms with Crippen LogP contribution < -0.4 is 0 Å². The Labute approximate surface area is 147 Å². The molecular formula is C18H24N4O3. The van der Waals surface area contributed by atoms with Crippen LogP contribution >= 0.6 is 0 Å². The molecule has 134 valence electrons. The number of hydrogen-bond donors (Lipinski definition) is 0. The molecule has 2 rings (SSSR count). The first kappa shape index (κ1) is 18.6. The van der Waals surface area contributed by atoms with E-state index in [4.69, 9.17) is 4.74 Å². The van der Waals surface area contributed by atoms with Crippen molar-refractivity contribution in [3.63, 3.8) is 0 Å². The summed E-state index contributed by atoms with van der Waals surface area (Å²) in [6.45, 7) is 5.91. The van der Waals surface area contributed by atoms with Crippen molar-refractivity contribution in [2.45, 2.75) is 39.2 Å². The minimum Gasteiger partial charge on any atom is -0.444 e. The lowest BCUT2D eigenvalue weighted by atomic mass is 10.0. The zero-order valence-electron chi connectivity index (χ0n) is 15.1. The first-order valence-electron chi connectivity index (χ1n) is 8.21. The van der Waals surface area contributed by atoms with Gasteiger partial charge in [-0.15, -0.1) is 0 Å². The molecule has 1 heterocycles. The van der Waals surface area contributed by atoms with E-state index in [0.717, 1.165) is 0 Å². The quantitative estimate of drug-likeness (QED) is 0.753. The number of carbonyl (C=O) groups excluding carboxylic acids is 2. The van der Waals surface area contributed by atoms with E-state index in [1.807, 2.05) is 32.9 Å². The highest BCUT2D eigenvalue weighted by Crippen LogP contribution is 2.16. The molecule has 0 radical (unpaired) electrons. The van der Waals surface area contributed by atoms with Crippen molar-refractivity contribution in [3.8, 4) is 5.69 Å². The third kappa shape index (κ3) is 5.41. The molecule has 0 aliphatic heterocycles. The highest BCUT2D eigenvalue weighted by atomic mass is 16.6. The van der Waals surface area contributed by atoms with Gasteiger partial charge in [-0.1, -0.05) is 12.1 Å². The molecule has 0 aliphatic carbocycles. The number of Topliss-reactive ketones (excluding diaryl/α,β-unsaturated/α-hetero) is 1. The van der Waals surface area contributed by atoms with Crippen molar-refractivity contribution in [1.29, 1.82) is 0 Å². The van der Waals surface area contributed by atoms with Gasteiger partial charge in [-0.25, -0.2) is 4.79 Å². The Balaban J connectivity index is 1.92. The van der Waals surface area contributed by atoms with Crippen LogP contribution in [0.4, 0.5) is 4.79 Å². The normalized spacial score (nSPS) is 11.2. The molecule has 0 atom stereocenters. The number of nitrogens with zero attached hydrogens (tertiary/aromatic N) is 4. The highest BCUT2D eigenvalue weighted by molar-refractivity contribution is 5.99. The smallest absolute Gasteiger partial charge is 0.410 e. The van der Waals surface area contributed by atoms with Gasteiger partial charge in [0.25, 0.3) is 0 Å². The Morgan fingerprint density at radius 1 is 1.16 bits per heavy atom. The third-order valence-electron chi connectivity index (χ3n) is 3.44. The van der Waals surface area contributed by atoms with Gasteiger partial charge in [0.15, 0.2) is 5.78 Å². The van der Waals surface area contributed by atoms with Gasteiger partial charge < -0.3 is 9.64 Å². The van der Waals surface area contributed by atoms with Gasteiger partial charge in [0, 0.05) is 25.6 Å². The first-order valence-corrected chi connectivity index (χ1v) is 8.21. The van der Waals surface area contributed by atoms with Gasteiger partial charge in [-0.3, -0.25) is 4.79 Å². The summed E-state index contributed by atoms with van der Waals surface area (Å²) in [5.41, 5.74) is 0.688. The van der Waals surface area contributed by atoms with Crippen LogP contribution in [0.3, 0.4) is 0 Å². The highest BCUT2D eigenvalue weighted by Gasteiger charge is 2.20. The largest absolute Gasteiger partial charge is 0.444 e. The fourth-order valence-electron chi connectivity index (χ4n) is 2.27. The average Bonchev–Trinajstić information content (AvgIpc) is 3.07. The maximum Gasteiger partial charge on any atom is 0.410 e. The number of carbonyl (C=O) groups is 2. The molecule has 25 heavy (non-hydrogen) atoms. The van der Waals surface area contributed by atoms with Gasteiger partial charge in [-0.05, 0) is 39.3 Å². The molecule has 0 fully saturated rings. The zero-order valence-corrected chi connectivity index (χ0v) is 15.1. The Hall–Kier alpha value is -2.70. The number of amides is 1. The third-order valence-corrected chi connectivity index (χ3v) is 3.44. The summed E-state index contributed by atoms with van der Waals surface area (Å²) in [5, 5.41) is 8.16. The topological polar surface area (TPSA) is 77.3 Å². The number of ketones is 1. The van der Waals surface area contributed by atoms with E-state index in [0.29, 0.717) is 30.6 Å². The number of rotatable bonds is 6. The molecule has 0 bridgehead atoms. The van der Waals surface area contributed by atoms with Gasteiger partial charge in [0.1, 0.15) is 5.60 Å². The summed E-state index contributed by atoms with van der Waals surface area (Å²) in [4.78, 5) is 27.4. The fourth-order valence-corrected chi connectivity index (χ4v) is 2.27. The number of benzene rings is 1. The van der Waals surface area contributed by atoms with E-state index in [-0.39, 0.29) is 11.9 Å². The molecule has 1 amide bonds. The van der Waals surface area contributed by atoms with Gasteiger partial charge in [-0.2, -0.15) is 15.0 Å². The molecule has 1 aromatic carbocycles. The predicted molar refractivity (Wildman–Crippen MR) is 93.8 cm³/mol. The van der Waals surface area contributed by atoms with Crippen LogP contribution in [0, 0.1) is 0 Å². The number of aromatic nitrogens is 3. The molecule has 0 saturated carbocycles. The summed E-state index contributed by atoms with van der Waals surface area (Å²) in [6.07, 6.45) is 3.62. The zero-order chi connectivity index (χ0) is 18.4. The molecule has 0 aliphatic rings. The fraction of sp³-hybridized carbons (Fsp3) is 0.444. The average molecular weight is 344 g/mol. The minimum absolute atomic E-state index is 0.00881. The van der Waals surface area contributed by atoms with Crippen molar-refractivity contribution in [3.05, 3.63) is 42.2 Å². The van der Waals surface area contributed by atoms with E-state index in [9.17, 15) is 9.59 Å². The molecule has 1 aromatic heterocycles. The van der Waals surface area contributed by atoms with Crippen LogP contribution in [-0.2, 0) is 4.74 Å². The maximum atomic E-state index is 12.5. The Morgan fingerprint density at radius 3 is 2.44 bits per heavy atom. The maximum absolute atomic E-state index is 12.5. The van der Waals surface area contributed by atoms with Gasteiger partial charge in [0.2, 0.25) is 0 Å². The van der Waals surface area contributed by atoms with Crippen LogP contribution in [0.25, 0.3) is 5.69 Å². The van der Waals surface area contributed by atoms with Crippen molar-refractivity contribution < 1.29 is 14.3 Å². The number of para-hydroxylation sites is 1.